The van der Waals surface area contributed by atoms with Gasteiger partial charge in [0, 0.05) is 19.2 Å². The van der Waals surface area contributed by atoms with E-state index in [1.165, 1.54) is 23.1 Å². The molecule has 0 bridgehead atoms. The quantitative estimate of drug-likeness (QED) is 0.426. The van der Waals surface area contributed by atoms with Crippen molar-refractivity contribution in [3.05, 3.63) is 57.7 Å². The molecule has 0 fully saturated rings. The van der Waals surface area contributed by atoms with Crippen molar-refractivity contribution in [2.24, 2.45) is 0 Å². The van der Waals surface area contributed by atoms with Gasteiger partial charge in [-0.25, -0.2) is 9.97 Å². The molecular formula is C16H12ClN5O3. The predicted octanol–water partition coefficient (Wildman–Crippen LogP) is 3.53. The summed E-state index contributed by atoms with van der Waals surface area (Å²) in [7, 11) is 1.62. The number of carbonyl (C=O) groups is 1. The summed E-state index contributed by atoms with van der Waals surface area (Å²) in [5, 5.41) is 14.1. The summed E-state index contributed by atoms with van der Waals surface area (Å²) in [6.45, 7) is 0. The molecule has 0 aliphatic carbocycles. The third kappa shape index (κ3) is 3.33. The van der Waals surface area contributed by atoms with Crippen LogP contribution in [0.4, 0.5) is 22.9 Å². The van der Waals surface area contributed by atoms with Gasteiger partial charge in [0.2, 0.25) is 6.41 Å². The lowest BCUT2D eigenvalue weighted by atomic mass is 10.2. The van der Waals surface area contributed by atoms with Gasteiger partial charge in [-0.1, -0.05) is 23.7 Å². The number of nitro groups is 1. The smallest absolute Gasteiger partial charge is 0.271 e. The molecule has 9 heteroatoms. The molecular weight excluding hydrogens is 346 g/mol. The second-order valence-corrected chi connectivity index (χ2v) is 5.51. The van der Waals surface area contributed by atoms with Crippen molar-refractivity contribution in [1.82, 2.24) is 9.97 Å². The summed E-state index contributed by atoms with van der Waals surface area (Å²) in [5.74, 6) is 0.237. The van der Waals surface area contributed by atoms with Gasteiger partial charge in [-0.2, -0.15) is 0 Å². The normalized spacial score (nSPS) is 10.5. The Bertz CT molecular complexity index is 979. The third-order valence-electron chi connectivity index (χ3n) is 3.51. The Kier molecular flexibility index (Phi) is 4.44. The molecule has 3 rings (SSSR count). The van der Waals surface area contributed by atoms with Crippen molar-refractivity contribution < 1.29 is 9.72 Å². The molecule has 0 atom stereocenters. The van der Waals surface area contributed by atoms with Crippen molar-refractivity contribution in [3.8, 4) is 0 Å². The van der Waals surface area contributed by atoms with Gasteiger partial charge in [-0.05, 0) is 18.2 Å². The number of nitrogens with zero attached hydrogens (tertiary/aromatic N) is 4. The molecule has 8 nitrogen and oxygen atoms in total. The first kappa shape index (κ1) is 16.6. The van der Waals surface area contributed by atoms with E-state index < -0.39 is 4.92 Å². The zero-order valence-electron chi connectivity index (χ0n) is 13.0. The Balaban J connectivity index is 2.06. The van der Waals surface area contributed by atoms with Crippen LogP contribution in [-0.4, -0.2) is 28.3 Å². The van der Waals surface area contributed by atoms with Crippen molar-refractivity contribution >= 4 is 51.9 Å². The van der Waals surface area contributed by atoms with Crippen molar-refractivity contribution in [1.29, 1.82) is 0 Å². The number of anilines is 3. The van der Waals surface area contributed by atoms with E-state index in [0.29, 0.717) is 28.8 Å². The Morgan fingerprint density at radius 2 is 1.96 bits per heavy atom. The molecule has 0 spiro atoms. The van der Waals surface area contributed by atoms with Crippen molar-refractivity contribution in [2.75, 3.05) is 17.3 Å². The lowest BCUT2D eigenvalue weighted by molar-refractivity contribution is -0.384. The first-order valence-electron chi connectivity index (χ1n) is 7.15. The van der Waals surface area contributed by atoms with Crippen LogP contribution in [0, 0.1) is 10.1 Å². The van der Waals surface area contributed by atoms with Crippen LogP contribution >= 0.6 is 11.6 Å². The van der Waals surface area contributed by atoms with E-state index in [-0.39, 0.29) is 16.7 Å². The first-order chi connectivity index (χ1) is 12.0. The number of hydrogen-bond donors (Lipinski definition) is 1. The Hall–Kier alpha value is -3.26. The zero-order valence-corrected chi connectivity index (χ0v) is 13.8. The number of aromatic nitrogens is 2. The molecule has 1 N–H and O–H groups in total. The number of benzene rings is 2. The standard InChI is InChI=1S/C16H12ClN5O3/c1-21(9-23)14-5-3-2-4-12(14)19-16-15(17)18-11-7-6-10(22(24)25)8-13(11)20-16/h2-9H,1H3,(H,19,20). The number of para-hydroxylation sites is 2. The van der Waals surface area contributed by atoms with Gasteiger partial charge in [0.25, 0.3) is 5.69 Å². The number of rotatable bonds is 5. The predicted molar refractivity (Wildman–Crippen MR) is 95.4 cm³/mol. The maximum Gasteiger partial charge on any atom is 0.271 e. The molecule has 0 aliphatic rings. The minimum atomic E-state index is -0.503. The van der Waals surface area contributed by atoms with E-state index in [9.17, 15) is 14.9 Å². The van der Waals surface area contributed by atoms with Gasteiger partial charge in [0.1, 0.15) is 0 Å². The fourth-order valence-electron chi connectivity index (χ4n) is 2.29. The van der Waals surface area contributed by atoms with Crippen LogP contribution in [0.3, 0.4) is 0 Å². The molecule has 1 amide bonds. The van der Waals surface area contributed by atoms with Gasteiger partial charge in [0.05, 0.1) is 27.3 Å². The molecule has 0 saturated heterocycles. The van der Waals surface area contributed by atoms with E-state index in [0.717, 1.165) is 0 Å². The summed E-state index contributed by atoms with van der Waals surface area (Å²) >= 11 is 6.17. The topological polar surface area (TPSA) is 101 Å². The van der Waals surface area contributed by atoms with Crippen molar-refractivity contribution in [2.45, 2.75) is 0 Å². The highest BCUT2D eigenvalue weighted by molar-refractivity contribution is 6.32. The van der Waals surface area contributed by atoms with Crippen LogP contribution in [0.2, 0.25) is 5.15 Å². The summed E-state index contributed by atoms with van der Waals surface area (Å²) in [6, 6.07) is 11.2. The molecule has 1 heterocycles. The molecule has 1 aromatic heterocycles. The molecule has 2 aromatic carbocycles. The number of halogens is 1. The molecule has 0 radical (unpaired) electrons. The average molecular weight is 358 g/mol. The van der Waals surface area contributed by atoms with Gasteiger partial charge in [-0.3, -0.25) is 14.9 Å². The molecule has 126 valence electrons. The van der Waals surface area contributed by atoms with Crippen LogP contribution in [0.15, 0.2) is 42.5 Å². The van der Waals surface area contributed by atoms with Gasteiger partial charge < -0.3 is 10.2 Å². The molecule has 0 saturated carbocycles. The van der Waals surface area contributed by atoms with E-state index in [2.05, 4.69) is 15.3 Å². The minimum absolute atomic E-state index is 0.0869. The van der Waals surface area contributed by atoms with E-state index in [4.69, 9.17) is 11.6 Å². The fourth-order valence-corrected chi connectivity index (χ4v) is 2.47. The number of non-ortho nitro benzene ring substituents is 1. The molecule has 3 aromatic rings. The fraction of sp³-hybridized carbons (Fsp3) is 0.0625. The lowest BCUT2D eigenvalue weighted by Crippen LogP contribution is -2.15. The average Bonchev–Trinajstić information content (AvgIpc) is 2.61. The number of carbonyl (C=O) groups excluding carboxylic acids is 1. The second kappa shape index (κ2) is 6.70. The highest BCUT2D eigenvalue weighted by atomic mass is 35.5. The monoisotopic (exact) mass is 357 g/mol. The maximum absolute atomic E-state index is 11.0. The number of fused-ring (bicyclic) bond motifs is 1. The Morgan fingerprint density at radius 3 is 2.68 bits per heavy atom. The van der Waals surface area contributed by atoms with Gasteiger partial charge >= 0.3 is 0 Å². The second-order valence-electron chi connectivity index (χ2n) is 5.15. The molecule has 25 heavy (non-hydrogen) atoms. The molecule has 0 aliphatic heterocycles. The van der Waals surface area contributed by atoms with Gasteiger partial charge in [0.15, 0.2) is 11.0 Å². The summed E-state index contributed by atoms with van der Waals surface area (Å²) < 4.78 is 0. The highest BCUT2D eigenvalue weighted by Gasteiger charge is 2.13. The summed E-state index contributed by atoms with van der Waals surface area (Å²) in [6.07, 6.45) is 0.678. The van der Waals surface area contributed by atoms with Crippen LogP contribution in [0.1, 0.15) is 0 Å². The van der Waals surface area contributed by atoms with E-state index >= 15 is 0 Å². The Morgan fingerprint density at radius 1 is 1.20 bits per heavy atom. The lowest BCUT2D eigenvalue weighted by Gasteiger charge is -2.17. The third-order valence-corrected chi connectivity index (χ3v) is 3.77. The van der Waals surface area contributed by atoms with Crippen LogP contribution in [0.25, 0.3) is 11.0 Å². The van der Waals surface area contributed by atoms with Crippen LogP contribution in [0.5, 0.6) is 0 Å². The minimum Gasteiger partial charge on any atom is -0.336 e. The van der Waals surface area contributed by atoms with E-state index in [1.54, 1.807) is 31.3 Å². The number of hydrogen-bond acceptors (Lipinski definition) is 6. The van der Waals surface area contributed by atoms with Crippen LogP contribution < -0.4 is 10.2 Å². The van der Waals surface area contributed by atoms with Gasteiger partial charge in [-0.15, -0.1) is 0 Å². The summed E-state index contributed by atoms with van der Waals surface area (Å²) in [4.78, 5) is 31.4. The number of amides is 1. The van der Waals surface area contributed by atoms with Crippen LogP contribution in [-0.2, 0) is 4.79 Å². The zero-order chi connectivity index (χ0) is 18.0. The summed E-state index contributed by atoms with van der Waals surface area (Å²) in [5.41, 5.74) is 1.91. The SMILES string of the molecule is CN(C=O)c1ccccc1Nc1nc2cc([N+](=O)[O-])ccc2nc1Cl. The first-order valence-corrected chi connectivity index (χ1v) is 7.53. The molecule has 0 unspecified atom stereocenters. The number of nitrogens with one attached hydrogen (secondary N) is 1. The number of nitro benzene ring substituents is 1. The van der Waals surface area contributed by atoms with E-state index in [1.807, 2.05) is 0 Å². The maximum atomic E-state index is 11.0. The Labute approximate surface area is 147 Å². The highest BCUT2D eigenvalue weighted by Crippen LogP contribution is 2.30. The largest absolute Gasteiger partial charge is 0.336 e. The van der Waals surface area contributed by atoms with Crippen molar-refractivity contribution in [3.63, 3.8) is 0 Å².